The fourth-order valence-electron chi connectivity index (χ4n) is 4.76. The molecule has 0 fully saturated rings. The third-order valence-corrected chi connectivity index (χ3v) is 8.36. The van der Waals surface area contributed by atoms with Gasteiger partial charge in [-0.15, -0.1) is 13.2 Å². The summed E-state index contributed by atoms with van der Waals surface area (Å²) >= 11 is 0. The number of nitrogens with two attached hydrogens (primary N) is 1. The Balaban J connectivity index is 5.92. The summed E-state index contributed by atoms with van der Waals surface area (Å²) < 4.78 is 0. The number of aliphatic hydroxyl groups is 2. The highest BCUT2D eigenvalue weighted by Crippen LogP contribution is 2.54. The highest BCUT2D eigenvalue weighted by Gasteiger charge is 2.46. The Bertz CT molecular complexity index is 531. The molecule has 0 heterocycles. The average Bonchev–Trinajstić information content (AvgIpc) is 2.63. The van der Waals surface area contributed by atoms with E-state index in [0.29, 0.717) is 30.6 Å². The minimum Gasteiger partial charge on any atom is -0.386 e. The van der Waals surface area contributed by atoms with Gasteiger partial charge in [0.1, 0.15) is 0 Å². The molecule has 0 saturated carbocycles. The van der Waals surface area contributed by atoms with Crippen LogP contribution in [0.4, 0.5) is 0 Å². The smallest absolute Gasteiger partial charge is 0.0797 e. The summed E-state index contributed by atoms with van der Waals surface area (Å²) in [4.78, 5) is 0. The molecule has 30 heavy (non-hydrogen) atoms. The molecule has 3 heteroatoms. The Morgan fingerprint density at radius 2 is 1.30 bits per heavy atom. The van der Waals surface area contributed by atoms with E-state index in [1.54, 1.807) is 12.2 Å². The third kappa shape index (κ3) is 8.48. The summed E-state index contributed by atoms with van der Waals surface area (Å²) in [6.07, 6.45) is 8.69. The summed E-state index contributed by atoms with van der Waals surface area (Å²) in [5.41, 5.74) is 4.63. The molecule has 5 unspecified atom stereocenters. The highest BCUT2D eigenvalue weighted by atomic mass is 16.3. The minimum absolute atomic E-state index is 0.0358. The van der Waals surface area contributed by atoms with Gasteiger partial charge in [-0.05, 0) is 81.5 Å². The van der Waals surface area contributed by atoms with Crippen LogP contribution in [-0.2, 0) is 0 Å². The molecule has 6 atom stereocenters. The zero-order valence-corrected chi connectivity index (χ0v) is 21.6. The first-order valence-corrected chi connectivity index (χ1v) is 11.9. The Hall–Kier alpha value is -0.640. The van der Waals surface area contributed by atoms with Crippen LogP contribution in [0.1, 0.15) is 101 Å². The third-order valence-electron chi connectivity index (χ3n) is 8.36. The standard InChI is InChI=1S/C27H53NO2/c1-12-22(15-17-26(10,29)13-2)23(16-18-27(11,30)14-3)25(8,9)24(6,7)19-20(4)21(5)28/h13-14,20-23,29-30H,2-3,12,15-19,28H2,1,4-11H3/t20?,21?,22?,23?,26?,27-/m0/s1. The lowest BCUT2D eigenvalue weighted by Crippen LogP contribution is -2.45. The molecule has 0 radical (unpaired) electrons. The quantitative estimate of drug-likeness (QED) is 0.264. The summed E-state index contributed by atoms with van der Waals surface area (Å²) in [5, 5.41) is 21.1. The van der Waals surface area contributed by atoms with Crippen molar-refractivity contribution in [1.82, 2.24) is 0 Å². The molecule has 178 valence electrons. The van der Waals surface area contributed by atoms with E-state index in [1.807, 2.05) is 13.8 Å². The lowest BCUT2D eigenvalue weighted by Gasteiger charge is -2.52. The molecular formula is C27H53NO2. The highest BCUT2D eigenvalue weighted by molar-refractivity contribution is 4.99. The first kappa shape index (κ1) is 29.4. The van der Waals surface area contributed by atoms with Gasteiger partial charge in [0.2, 0.25) is 0 Å². The zero-order chi connectivity index (χ0) is 24.0. The van der Waals surface area contributed by atoms with E-state index in [0.717, 1.165) is 25.7 Å². The summed E-state index contributed by atoms with van der Waals surface area (Å²) in [7, 11) is 0. The fraction of sp³-hybridized carbons (Fsp3) is 0.852. The van der Waals surface area contributed by atoms with E-state index in [9.17, 15) is 10.2 Å². The Morgan fingerprint density at radius 3 is 1.67 bits per heavy atom. The van der Waals surface area contributed by atoms with E-state index in [-0.39, 0.29) is 16.9 Å². The second-order valence-electron chi connectivity index (χ2n) is 11.6. The van der Waals surface area contributed by atoms with Crippen LogP contribution in [0.2, 0.25) is 0 Å². The van der Waals surface area contributed by atoms with Crippen LogP contribution in [0.5, 0.6) is 0 Å². The molecule has 0 saturated heterocycles. The molecule has 0 amide bonds. The minimum atomic E-state index is -0.859. The molecule has 0 aliphatic rings. The normalized spacial score (nSPS) is 21.1. The molecule has 0 aromatic carbocycles. The van der Waals surface area contributed by atoms with Crippen LogP contribution in [0.15, 0.2) is 25.3 Å². The summed E-state index contributed by atoms with van der Waals surface area (Å²) in [5.74, 6) is 1.31. The van der Waals surface area contributed by atoms with E-state index in [4.69, 9.17) is 5.73 Å². The van der Waals surface area contributed by atoms with Crippen LogP contribution in [0.3, 0.4) is 0 Å². The number of rotatable bonds is 15. The van der Waals surface area contributed by atoms with E-state index in [2.05, 4.69) is 61.6 Å². The summed E-state index contributed by atoms with van der Waals surface area (Å²) in [6, 6.07) is 0.171. The van der Waals surface area contributed by atoms with Crippen LogP contribution in [0, 0.1) is 28.6 Å². The molecule has 0 aromatic heterocycles. The first-order valence-electron chi connectivity index (χ1n) is 11.9. The second-order valence-corrected chi connectivity index (χ2v) is 11.6. The SMILES string of the molecule is C=CC(C)(O)CCC(CC)C(CC[C@@](C)(O)C=C)C(C)(C)C(C)(C)CC(C)C(C)N. The van der Waals surface area contributed by atoms with Crippen molar-refractivity contribution in [2.75, 3.05) is 0 Å². The average molecular weight is 424 g/mol. The monoisotopic (exact) mass is 423 g/mol. The van der Waals surface area contributed by atoms with Gasteiger partial charge in [-0.25, -0.2) is 0 Å². The van der Waals surface area contributed by atoms with Crippen molar-refractivity contribution in [3.05, 3.63) is 25.3 Å². The van der Waals surface area contributed by atoms with Gasteiger partial charge < -0.3 is 15.9 Å². The number of hydrogen-bond acceptors (Lipinski definition) is 3. The Morgan fingerprint density at radius 1 is 0.867 bits per heavy atom. The predicted molar refractivity (Wildman–Crippen MR) is 132 cm³/mol. The maximum absolute atomic E-state index is 10.6. The molecule has 4 N–H and O–H groups in total. The molecule has 0 spiro atoms. The lowest BCUT2D eigenvalue weighted by atomic mass is 9.53. The Kier molecular flexibility index (Phi) is 11.1. The zero-order valence-electron chi connectivity index (χ0n) is 21.6. The van der Waals surface area contributed by atoms with Gasteiger partial charge in [-0.3, -0.25) is 0 Å². The van der Waals surface area contributed by atoms with Crippen molar-refractivity contribution in [2.24, 2.45) is 34.3 Å². The van der Waals surface area contributed by atoms with E-state index >= 15 is 0 Å². The molecule has 0 aromatic rings. The van der Waals surface area contributed by atoms with Gasteiger partial charge in [0.15, 0.2) is 0 Å². The molecular weight excluding hydrogens is 370 g/mol. The molecule has 0 bridgehead atoms. The van der Waals surface area contributed by atoms with Crippen molar-refractivity contribution in [1.29, 1.82) is 0 Å². The van der Waals surface area contributed by atoms with Crippen LogP contribution in [0.25, 0.3) is 0 Å². The molecule has 0 rings (SSSR count). The van der Waals surface area contributed by atoms with Crippen molar-refractivity contribution in [3.63, 3.8) is 0 Å². The van der Waals surface area contributed by atoms with Crippen LogP contribution >= 0.6 is 0 Å². The second kappa shape index (κ2) is 11.3. The summed E-state index contributed by atoms with van der Waals surface area (Å²) in [6.45, 7) is 27.4. The molecule has 0 aliphatic heterocycles. The van der Waals surface area contributed by atoms with E-state index < -0.39 is 11.2 Å². The van der Waals surface area contributed by atoms with Crippen LogP contribution in [-0.4, -0.2) is 27.5 Å². The Labute approximate surface area is 188 Å². The van der Waals surface area contributed by atoms with Gasteiger partial charge >= 0.3 is 0 Å². The first-order chi connectivity index (χ1) is 13.5. The largest absolute Gasteiger partial charge is 0.386 e. The number of hydrogen-bond donors (Lipinski definition) is 3. The maximum atomic E-state index is 10.6. The van der Waals surface area contributed by atoms with Gasteiger partial charge in [0, 0.05) is 6.04 Å². The van der Waals surface area contributed by atoms with Crippen molar-refractivity contribution in [3.8, 4) is 0 Å². The predicted octanol–water partition coefficient (Wildman–Crippen LogP) is 6.49. The molecule has 0 aliphatic carbocycles. The van der Waals surface area contributed by atoms with Crippen LogP contribution < -0.4 is 5.73 Å². The lowest BCUT2D eigenvalue weighted by molar-refractivity contribution is -0.0321. The van der Waals surface area contributed by atoms with Gasteiger partial charge in [-0.1, -0.05) is 60.1 Å². The molecule has 3 nitrogen and oxygen atoms in total. The van der Waals surface area contributed by atoms with E-state index in [1.165, 1.54) is 0 Å². The fourth-order valence-corrected chi connectivity index (χ4v) is 4.76. The maximum Gasteiger partial charge on any atom is 0.0797 e. The van der Waals surface area contributed by atoms with Crippen molar-refractivity contribution in [2.45, 2.75) is 118 Å². The van der Waals surface area contributed by atoms with Crippen molar-refractivity contribution >= 4 is 0 Å². The van der Waals surface area contributed by atoms with Gasteiger partial charge in [0.05, 0.1) is 11.2 Å². The van der Waals surface area contributed by atoms with Gasteiger partial charge in [-0.2, -0.15) is 0 Å². The topological polar surface area (TPSA) is 66.5 Å². The van der Waals surface area contributed by atoms with Crippen molar-refractivity contribution < 1.29 is 10.2 Å². The van der Waals surface area contributed by atoms with Gasteiger partial charge in [0.25, 0.3) is 0 Å².